The number of hydroxylamine groups is 2. The van der Waals surface area contributed by atoms with Crippen LogP contribution in [0.3, 0.4) is 0 Å². The average Bonchev–Trinajstić information content (AvgIpc) is 3.07. The number of aliphatic hydroxyl groups excluding tert-OH is 2. The Morgan fingerprint density at radius 1 is 0.680 bits per heavy atom. The zero-order chi connectivity index (χ0) is 36.6. The number of anilines is 4. The summed E-state index contributed by atoms with van der Waals surface area (Å²) < 4.78 is 61.2. The standard InChI is InChI=1S/C17H17F2IN2O4.C16H15F2IN2O3/c18-10-1-3-13(17(25)22-26-6-5-12(24)9-23)16(7-10)21-15-4-2-11(20)8-14(15)19;1-23-6-7-24-21-16(22)12-4-2-10(17)8-15(12)20-14-5-3-11(19)9-13(14)18/h1-4,7-8,12,21,23-24H,5-6,9H2,(H,22,25);2-5,8-9,20H,6-7H2,1H3,(H,21,22). The number of carbonyl (C=O) groups excluding carboxylic acids is 2. The zero-order valence-electron chi connectivity index (χ0n) is 26.2. The van der Waals surface area contributed by atoms with E-state index in [1.54, 1.807) is 12.1 Å². The van der Waals surface area contributed by atoms with Gasteiger partial charge in [-0.25, -0.2) is 28.5 Å². The number of methoxy groups -OCH3 is 1. The van der Waals surface area contributed by atoms with Crippen LogP contribution in [-0.2, 0) is 14.4 Å². The second-order valence-electron chi connectivity index (χ2n) is 10.1. The van der Waals surface area contributed by atoms with Crippen molar-refractivity contribution in [3.05, 3.63) is 114 Å². The van der Waals surface area contributed by atoms with Crippen molar-refractivity contribution in [2.75, 3.05) is 44.2 Å². The van der Waals surface area contributed by atoms with Crippen LogP contribution in [0.1, 0.15) is 27.1 Å². The van der Waals surface area contributed by atoms with Crippen molar-refractivity contribution < 1.29 is 51.8 Å². The molecular weight excluding hydrogens is 894 g/mol. The second kappa shape index (κ2) is 20.9. The molecule has 50 heavy (non-hydrogen) atoms. The van der Waals surface area contributed by atoms with Crippen molar-refractivity contribution in [2.45, 2.75) is 12.5 Å². The summed E-state index contributed by atoms with van der Waals surface area (Å²) in [6.45, 7) is 0.0364. The number of benzene rings is 4. The predicted octanol–water partition coefficient (Wildman–Crippen LogP) is 6.34. The number of hydrogen-bond donors (Lipinski definition) is 6. The molecule has 2 amide bonds. The molecule has 0 bridgehead atoms. The molecule has 11 nitrogen and oxygen atoms in total. The van der Waals surface area contributed by atoms with Crippen molar-refractivity contribution in [1.82, 2.24) is 11.0 Å². The molecule has 4 rings (SSSR count). The maximum Gasteiger partial charge on any atom is 0.276 e. The molecule has 0 aliphatic carbocycles. The molecule has 1 atom stereocenters. The molecule has 4 aromatic carbocycles. The van der Waals surface area contributed by atoms with Gasteiger partial charge < -0.3 is 25.6 Å². The zero-order valence-corrected chi connectivity index (χ0v) is 30.6. The summed E-state index contributed by atoms with van der Waals surface area (Å²) in [5.74, 6) is -3.45. The lowest BCUT2D eigenvalue weighted by atomic mass is 10.1. The largest absolute Gasteiger partial charge is 0.394 e. The lowest BCUT2D eigenvalue weighted by molar-refractivity contribution is 0.00706. The molecule has 4 aromatic rings. The van der Waals surface area contributed by atoms with E-state index >= 15 is 0 Å². The van der Waals surface area contributed by atoms with Crippen LogP contribution in [0.25, 0.3) is 0 Å². The summed E-state index contributed by atoms with van der Waals surface area (Å²) in [5, 5.41) is 23.3. The third-order valence-electron chi connectivity index (χ3n) is 6.34. The molecule has 6 N–H and O–H groups in total. The molecular formula is C33H32F4I2N4O7. The summed E-state index contributed by atoms with van der Waals surface area (Å²) in [6, 6.07) is 15.9. The van der Waals surface area contributed by atoms with Crippen LogP contribution in [0.2, 0.25) is 0 Å². The minimum absolute atomic E-state index is 0.0246. The first-order chi connectivity index (χ1) is 23.9. The highest BCUT2D eigenvalue weighted by molar-refractivity contribution is 14.1. The SMILES string of the molecule is COCCONC(=O)c1ccc(F)cc1Nc1ccc(I)cc1F.O=C(NOCCC(O)CO)c1ccc(F)cc1Nc1ccc(I)cc1F. The van der Waals surface area contributed by atoms with Crippen LogP contribution < -0.4 is 21.6 Å². The van der Waals surface area contributed by atoms with Gasteiger partial charge in [0.05, 0.1) is 66.4 Å². The number of amides is 2. The molecule has 0 aromatic heterocycles. The Labute approximate surface area is 311 Å². The topological polar surface area (TPSA) is 150 Å². The van der Waals surface area contributed by atoms with Gasteiger partial charge in [-0.15, -0.1) is 0 Å². The van der Waals surface area contributed by atoms with E-state index in [2.05, 4.69) is 21.6 Å². The minimum atomic E-state index is -0.946. The smallest absolute Gasteiger partial charge is 0.276 e. The fourth-order valence-corrected chi connectivity index (χ4v) is 4.77. The molecule has 0 heterocycles. The van der Waals surface area contributed by atoms with Gasteiger partial charge in [0.25, 0.3) is 11.8 Å². The number of carbonyl (C=O) groups is 2. The van der Waals surface area contributed by atoms with E-state index in [0.717, 1.165) is 27.8 Å². The fraction of sp³-hybridized carbons (Fsp3) is 0.212. The van der Waals surface area contributed by atoms with Gasteiger partial charge >= 0.3 is 0 Å². The Hall–Kier alpha value is -3.60. The van der Waals surface area contributed by atoms with Gasteiger partial charge in [-0.05, 0) is 118 Å². The van der Waals surface area contributed by atoms with E-state index in [4.69, 9.17) is 19.5 Å². The van der Waals surface area contributed by atoms with Crippen molar-refractivity contribution in [2.24, 2.45) is 0 Å². The van der Waals surface area contributed by atoms with E-state index in [9.17, 15) is 32.3 Å². The van der Waals surface area contributed by atoms with Crippen LogP contribution in [-0.4, -0.2) is 61.7 Å². The van der Waals surface area contributed by atoms with Crippen LogP contribution in [0.5, 0.6) is 0 Å². The van der Waals surface area contributed by atoms with Crippen molar-refractivity contribution in [1.29, 1.82) is 0 Å². The number of nitrogens with one attached hydrogen (secondary N) is 4. The quantitative estimate of drug-likeness (QED) is 0.0348. The van der Waals surface area contributed by atoms with Crippen molar-refractivity contribution in [3.63, 3.8) is 0 Å². The maximum atomic E-state index is 14.0. The molecule has 0 fully saturated rings. The van der Waals surface area contributed by atoms with Gasteiger partial charge in [-0.2, -0.15) is 0 Å². The maximum absolute atomic E-state index is 14.0. The number of hydrogen-bond acceptors (Lipinski definition) is 9. The Morgan fingerprint density at radius 2 is 1.14 bits per heavy atom. The Morgan fingerprint density at radius 3 is 1.56 bits per heavy atom. The third-order valence-corrected chi connectivity index (χ3v) is 7.68. The molecule has 17 heteroatoms. The molecule has 268 valence electrons. The first kappa shape index (κ1) is 40.8. The lowest BCUT2D eigenvalue weighted by Gasteiger charge is -2.14. The highest BCUT2D eigenvalue weighted by atomic mass is 127. The first-order valence-electron chi connectivity index (χ1n) is 14.6. The summed E-state index contributed by atoms with van der Waals surface area (Å²) in [6.07, 6.45) is -0.821. The Balaban J connectivity index is 0.000000271. The van der Waals surface area contributed by atoms with Gasteiger partial charge in [0.1, 0.15) is 23.3 Å². The minimum Gasteiger partial charge on any atom is -0.394 e. The van der Waals surface area contributed by atoms with Crippen molar-refractivity contribution in [3.8, 4) is 0 Å². The average molecular weight is 926 g/mol. The number of rotatable bonds is 15. The van der Waals surface area contributed by atoms with Gasteiger partial charge in [0.15, 0.2) is 0 Å². The van der Waals surface area contributed by atoms with E-state index < -0.39 is 47.8 Å². The first-order valence-corrected chi connectivity index (χ1v) is 16.7. The number of ether oxygens (including phenoxy) is 1. The molecule has 0 aliphatic rings. The molecule has 1 unspecified atom stereocenters. The number of halogens is 6. The van der Waals surface area contributed by atoms with Gasteiger partial charge in [-0.1, -0.05) is 0 Å². The Bertz CT molecular complexity index is 1760. The number of aliphatic hydroxyl groups is 2. The van der Waals surface area contributed by atoms with Crippen LogP contribution >= 0.6 is 45.2 Å². The van der Waals surface area contributed by atoms with E-state index in [0.29, 0.717) is 10.2 Å². The van der Waals surface area contributed by atoms with Gasteiger partial charge in [0.2, 0.25) is 0 Å². The monoisotopic (exact) mass is 926 g/mol. The molecule has 0 saturated heterocycles. The summed E-state index contributed by atoms with van der Waals surface area (Å²) >= 11 is 3.94. The predicted molar refractivity (Wildman–Crippen MR) is 194 cm³/mol. The highest BCUT2D eigenvalue weighted by Crippen LogP contribution is 2.27. The second-order valence-corrected chi connectivity index (χ2v) is 12.5. The fourth-order valence-electron chi connectivity index (χ4n) is 3.86. The van der Waals surface area contributed by atoms with E-state index in [1.165, 1.54) is 43.5 Å². The Kier molecular flexibility index (Phi) is 17.1. The van der Waals surface area contributed by atoms with Crippen LogP contribution in [0.15, 0.2) is 72.8 Å². The highest BCUT2D eigenvalue weighted by Gasteiger charge is 2.16. The van der Waals surface area contributed by atoms with E-state index in [1.807, 2.05) is 45.2 Å². The van der Waals surface area contributed by atoms with E-state index in [-0.39, 0.29) is 53.5 Å². The van der Waals surface area contributed by atoms with Gasteiger partial charge in [0, 0.05) is 20.7 Å². The van der Waals surface area contributed by atoms with Gasteiger partial charge in [-0.3, -0.25) is 19.3 Å². The summed E-state index contributed by atoms with van der Waals surface area (Å²) in [7, 11) is 1.50. The normalized spacial score (nSPS) is 11.2. The molecule has 0 saturated carbocycles. The lowest BCUT2D eigenvalue weighted by Crippen LogP contribution is -2.26. The summed E-state index contributed by atoms with van der Waals surface area (Å²) in [4.78, 5) is 34.2. The molecule has 0 radical (unpaired) electrons. The van der Waals surface area contributed by atoms with Crippen LogP contribution in [0, 0.1) is 30.4 Å². The third kappa shape index (κ3) is 13.3. The molecule has 0 aliphatic heterocycles. The van der Waals surface area contributed by atoms with Crippen LogP contribution in [0.4, 0.5) is 40.3 Å². The summed E-state index contributed by atoms with van der Waals surface area (Å²) in [5.41, 5.74) is 4.98. The molecule has 0 spiro atoms. The van der Waals surface area contributed by atoms with Crippen molar-refractivity contribution >= 4 is 79.7 Å².